The van der Waals surface area contributed by atoms with Crippen LogP contribution in [0, 0.1) is 5.82 Å². The number of nitrogens with zero attached hydrogens (tertiary/aromatic N) is 3. The molecule has 0 radical (unpaired) electrons. The van der Waals surface area contributed by atoms with Crippen LogP contribution in [0.3, 0.4) is 0 Å². The number of rotatable bonds is 5. The van der Waals surface area contributed by atoms with Crippen molar-refractivity contribution in [3.63, 3.8) is 0 Å². The van der Waals surface area contributed by atoms with Crippen molar-refractivity contribution in [2.75, 3.05) is 0 Å². The topological polar surface area (TPSA) is 50.7 Å². The van der Waals surface area contributed by atoms with E-state index in [1.807, 2.05) is 18.4 Å². The van der Waals surface area contributed by atoms with E-state index in [1.165, 1.54) is 17.4 Å². The molecule has 0 spiro atoms. The molecule has 0 saturated carbocycles. The van der Waals surface area contributed by atoms with Crippen LogP contribution in [0.1, 0.15) is 24.2 Å². The molecule has 1 unspecified atom stereocenters. The van der Waals surface area contributed by atoms with Crippen LogP contribution in [0.2, 0.25) is 0 Å². The van der Waals surface area contributed by atoms with E-state index in [2.05, 4.69) is 20.3 Å². The summed E-state index contributed by atoms with van der Waals surface area (Å²) in [6.07, 6.45) is 3.40. The molecule has 0 amide bonds. The molecule has 3 aromatic rings. The minimum absolute atomic E-state index is 0.0498. The molecule has 2 heterocycles. The highest BCUT2D eigenvalue weighted by atomic mass is 32.1. The van der Waals surface area contributed by atoms with Crippen molar-refractivity contribution in [1.29, 1.82) is 0 Å². The number of nitrogens with one attached hydrogen (secondary N) is 1. The van der Waals surface area contributed by atoms with Gasteiger partial charge in [0.25, 0.3) is 0 Å². The van der Waals surface area contributed by atoms with E-state index in [-0.39, 0.29) is 11.9 Å². The summed E-state index contributed by atoms with van der Waals surface area (Å²) in [5, 5.41) is 6.13. The van der Waals surface area contributed by atoms with Crippen LogP contribution in [-0.2, 0) is 6.54 Å². The van der Waals surface area contributed by atoms with E-state index in [9.17, 15) is 4.39 Å². The summed E-state index contributed by atoms with van der Waals surface area (Å²) < 4.78 is 13.2. The fourth-order valence-electron chi connectivity index (χ4n) is 2.05. The molecule has 1 atom stereocenters. The standard InChI is InChI=1S/C16H15FN4S/c1-11(12-4-2-5-13(17)8-12)20-9-14-10-22-16(21-14)15-18-6-3-7-19-15/h2-8,10-11,20H,9H2,1H3. The van der Waals surface area contributed by atoms with Crippen molar-refractivity contribution in [3.05, 3.63) is 65.2 Å². The first kappa shape index (κ1) is 14.7. The number of hydrogen-bond acceptors (Lipinski definition) is 5. The predicted octanol–water partition coefficient (Wildman–Crippen LogP) is 3.59. The molecule has 4 nitrogen and oxygen atoms in total. The van der Waals surface area contributed by atoms with Gasteiger partial charge in [0.1, 0.15) is 5.82 Å². The molecule has 0 saturated heterocycles. The minimum atomic E-state index is -0.219. The lowest BCUT2D eigenvalue weighted by atomic mass is 10.1. The second kappa shape index (κ2) is 6.72. The van der Waals surface area contributed by atoms with Gasteiger partial charge in [0.15, 0.2) is 10.8 Å². The molecule has 0 fully saturated rings. The van der Waals surface area contributed by atoms with E-state index in [1.54, 1.807) is 30.6 Å². The number of benzene rings is 1. The molecule has 22 heavy (non-hydrogen) atoms. The Hall–Kier alpha value is -2.18. The summed E-state index contributed by atoms with van der Waals surface area (Å²) in [5.74, 6) is 0.417. The van der Waals surface area contributed by atoms with Crippen LogP contribution in [0.25, 0.3) is 10.8 Å². The van der Waals surface area contributed by atoms with Crippen molar-refractivity contribution in [2.24, 2.45) is 0 Å². The zero-order valence-electron chi connectivity index (χ0n) is 12.0. The van der Waals surface area contributed by atoms with Gasteiger partial charge in [-0.15, -0.1) is 11.3 Å². The summed E-state index contributed by atoms with van der Waals surface area (Å²) >= 11 is 1.52. The van der Waals surface area contributed by atoms with Crippen LogP contribution in [0.15, 0.2) is 48.1 Å². The molecule has 1 N–H and O–H groups in total. The van der Waals surface area contributed by atoms with Crippen LogP contribution < -0.4 is 5.32 Å². The second-order valence-electron chi connectivity index (χ2n) is 4.87. The molecule has 0 bridgehead atoms. The summed E-state index contributed by atoms with van der Waals surface area (Å²) in [4.78, 5) is 12.9. The van der Waals surface area contributed by atoms with Crippen molar-refractivity contribution in [2.45, 2.75) is 19.5 Å². The Bertz CT molecular complexity index is 745. The van der Waals surface area contributed by atoms with Gasteiger partial charge in [-0.2, -0.15) is 0 Å². The van der Waals surface area contributed by atoms with Crippen molar-refractivity contribution < 1.29 is 4.39 Å². The lowest BCUT2D eigenvalue weighted by Gasteiger charge is -2.13. The van der Waals surface area contributed by atoms with Gasteiger partial charge in [-0.1, -0.05) is 12.1 Å². The Labute approximate surface area is 132 Å². The molecule has 6 heteroatoms. The van der Waals surface area contributed by atoms with Gasteiger partial charge < -0.3 is 5.32 Å². The third-order valence-electron chi connectivity index (χ3n) is 3.25. The highest BCUT2D eigenvalue weighted by Gasteiger charge is 2.09. The van der Waals surface area contributed by atoms with Gasteiger partial charge in [-0.05, 0) is 30.7 Å². The fraction of sp³-hybridized carbons (Fsp3) is 0.188. The van der Waals surface area contributed by atoms with Gasteiger partial charge in [-0.3, -0.25) is 0 Å². The maximum atomic E-state index is 13.2. The maximum Gasteiger partial charge on any atom is 0.188 e. The van der Waals surface area contributed by atoms with E-state index >= 15 is 0 Å². The molecular formula is C16H15FN4S. The lowest BCUT2D eigenvalue weighted by Crippen LogP contribution is -2.18. The van der Waals surface area contributed by atoms with Gasteiger partial charge in [0, 0.05) is 30.4 Å². The Kier molecular flexibility index (Phi) is 4.50. The number of hydrogen-bond donors (Lipinski definition) is 1. The van der Waals surface area contributed by atoms with Gasteiger partial charge >= 0.3 is 0 Å². The molecule has 3 rings (SSSR count). The molecule has 0 aliphatic rings. The Balaban J connectivity index is 1.64. The number of thiazole rings is 1. The quantitative estimate of drug-likeness (QED) is 0.782. The normalized spacial score (nSPS) is 12.3. The predicted molar refractivity (Wildman–Crippen MR) is 84.8 cm³/mol. The van der Waals surface area contributed by atoms with Crippen LogP contribution >= 0.6 is 11.3 Å². The zero-order valence-corrected chi connectivity index (χ0v) is 12.8. The minimum Gasteiger partial charge on any atom is -0.305 e. The van der Waals surface area contributed by atoms with Gasteiger partial charge in [0.2, 0.25) is 0 Å². The van der Waals surface area contributed by atoms with Crippen LogP contribution in [-0.4, -0.2) is 15.0 Å². The summed E-state index contributed by atoms with van der Waals surface area (Å²) in [5.41, 5.74) is 1.84. The van der Waals surface area contributed by atoms with E-state index in [0.29, 0.717) is 12.4 Å². The van der Waals surface area contributed by atoms with Gasteiger partial charge in [-0.25, -0.2) is 19.3 Å². The molecule has 2 aromatic heterocycles. The Morgan fingerprint density at radius 3 is 2.82 bits per heavy atom. The SMILES string of the molecule is CC(NCc1csc(-c2ncccn2)n1)c1cccc(F)c1. The average Bonchev–Trinajstić information content (AvgIpc) is 3.02. The highest BCUT2D eigenvalue weighted by Crippen LogP contribution is 2.20. The third kappa shape index (κ3) is 3.52. The number of aromatic nitrogens is 3. The molecule has 1 aromatic carbocycles. The molecule has 0 aliphatic heterocycles. The Morgan fingerprint density at radius 2 is 2.05 bits per heavy atom. The van der Waals surface area contributed by atoms with Crippen molar-refractivity contribution in [3.8, 4) is 10.8 Å². The lowest BCUT2D eigenvalue weighted by molar-refractivity contribution is 0.560. The summed E-state index contributed by atoms with van der Waals surface area (Å²) in [6.45, 7) is 2.61. The highest BCUT2D eigenvalue weighted by molar-refractivity contribution is 7.13. The first-order chi connectivity index (χ1) is 10.7. The molecule has 0 aliphatic carbocycles. The monoisotopic (exact) mass is 314 g/mol. The second-order valence-corrected chi connectivity index (χ2v) is 5.73. The van der Waals surface area contributed by atoms with Gasteiger partial charge in [0.05, 0.1) is 5.69 Å². The first-order valence-corrected chi connectivity index (χ1v) is 7.81. The summed E-state index contributed by atoms with van der Waals surface area (Å²) in [6, 6.07) is 8.45. The van der Waals surface area contributed by atoms with Crippen molar-refractivity contribution in [1.82, 2.24) is 20.3 Å². The Morgan fingerprint density at radius 1 is 1.23 bits per heavy atom. The smallest absolute Gasteiger partial charge is 0.188 e. The molecule has 112 valence electrons. The van der Waals surface area contributed by atoms with Crippen molar-refractivity contribution >= 4 is 11.3 Å². The van der Waals surface area contributed by atoms with Crippen LogP contribution in [0.4, 0.5) is 4.39 Å². The zero-order chi connectivity index (χ0) is 15.4. The number of halogens is 1. The maximum absolute atomic E-state index is 13.2. The van der Waals surface area contributed by atoms with E-state index in [4.69, 9.17) is 0 Å². The molecular weight excluding hydrogens is 299 g/mol. The fourth-order valence-corrected chi connectivity index (χ4v) is 2.82. The summed E-state index contributed by atoms with van der Waals surface area (Å²) in [7, 11) is 0. The first-order valence-electron chi connectivity index (χ1n) is 6.93. The largest absolute Gasteiger partial charge is 0.305 e. The third-order valence-corrected chi connectivity index (χ3v) is 4.13. The van der Waals surface area contributed by atoms with Crippen LogP contribution in [0.5, 0.6) is 0 Å². The van der Waals surface area contributed by atoms with E-state index < -0.39 is 0 Å². The average molecular weight is 314 g/mol. The van der Waals surface area contributed by atoms with E-state index in [0.717, 1.165) is 16.3 Å².